The van der Waals surface area contributed by atoms with Crippen molar-refractivity contribution in [1.82, 2.24) is 4.98 Å². The molecule has 1 atom stereocenters. The van der Waals surface area contributed by atoms with Crippen LogP contribution in [0.15, 0.2) is 24.3 Å². The van der Waals surface area contributed by atoms with E-state index in [2.05, 4.69) is 4.98 Å². The third kappa shape index (κ3) is 1.89. The topological polar surface area (TPSA) is 64.9 Å². The molecule has 5 heteroatoms. The van der Waals surface area contributed by atoms with Gasteiger partial charge in [0.2, 0.25) is 0 Å². The highest BCUT2D eigenvalue weighted by atomic mass is 32.1. The number of halogens is 1. The first-order chi connectivity index (χ1) is 8.57. The summed E-state index contributed by atoms with van der Waals surface area (Å²) < 4.78 is 13.0. The Morgan fingerprint density at radius 2 is 2.00 bits per heavy atom. The molecule has 1 aromatic heterocycles. The van der Waals surface area contributed by atoms with Crippen molar-refractivity contribution in [2.45, 2.75) is 24.8 Å². The van der Waals surface area contributed by atoms with Gasteiger partial charge in [0.05, 0.1) is 5.69 Å². The summed E-state index contributed by atoms with van der Waals surface area (Å²) in [7, 11) is 0. The van der Waals surface area contributed by atoms with Gasteiger partial charge >= 0.3 is 0 Å². The molecule has 94 valence electrons. The molecule has 0 bridgehead atoms. The molecule has 2 aromatic rings. The van der Waals surface area contributed by atoms with E-state index in [0.717, 1.165) is 24.1 Å². The van der Waals surface area contributed by atoms with Crippen molar-refractivity contribution in [3.63, 3.8) is 0 Å². The van der Waals surface area contributed by atoms with Crippen LogP contribution in [-0.2, 0) is 18.4 Å². The molecule has 0 spiro atoms. The van der Waals surface area contributed by atoms with Crippen LogP contribution in [0.1, 0.15) is 22.6 Å². The molecule has 18 heavy (non-hydrogen) atoms. The number of anilines is 1. The van der Waals surface area contributed by atoms with Crippen LogP contribution in [-0.4, -0.2) is 4.98 Å². The van der Waals surface area contributed by atoms with Crippen molar-refractivity contribution >= 4 is 16.5 Å². The molecule has 0 aliphatic heterocycles. The van der Waals surface area contributed by atoms with Gasteiger partial charge in [-0.25, -0.2) is 9.37 Å². The molecule has 1 heterocycles. The van der Waals surface area contributed by atoms with E-state index in [-0.39, 0.29) is 5.82 Å². The molecule has 0 amide bonds. The van der Waals surface area contributed by atoms with Gasteiger partial charge in [0, 0.05) is 16.8 Å². The number of thiazole rings is 1. The smallest absolute Gasteiger partial charge is 0.180 e. The summed E-state index contributed by atoms with van der Waals surface area (Å²) in [5.74, 6) is -0.239. The van der Waals surface area contributed by atoms with E-state index in [9.17, 15) is 4.39 Å². The Labute approximate surface area is 109 Å². The van der Waals surface area contributed by atoms with Crippen molar-refractivity contribution in [2.75, 3.05) is 5.73 Å². The van der Waals surface area contributed by atoms with Crippen LogP contribution in [0, 0.1) is 5.82 Å². The van der Waals surface area contributed by atoms with E-state index in [1.54, 1.807) is 12.1 Å². The second-order valence-corrected chi connectivity index (χ2v) is 5.88. The first-order valence-corrected chi connectivity index (χ1v) is 6.67. The van der Waals surface area contributed by atoms with Crippen LogP contribution in [0.4, 0.5) is 9.52 Å². The second kappa shape index (κ2) is 4.03. The van der Waals surface area contributed by atoms with Crippen molar-refractivity contribution in [1.29, 1.82) is 0 Å². The van der Waals surface area contributed by atoms with Gasteiger partial charge in [0.1, 0.15) is 5.82 Å². The Hall–Kier alpha value is -1.46. The maximum Gasteiger partial charge on any atom is 0.180 e. The average molecular weight is 263 g/mol. The lowest BCUT2D eigenvalue weighted by Gasteiger charge is -2.33. The number of rotatable bonds is 1. The van der Waals surface area contributed by atoms with E-state index in [4.69, 9.17) is 11.5 Å². The number of aromatic nitrogens is 1. The van der Waals surface area contributed by atoms with E-state index in [0.29, 0.717) is 11.6 Å². The molecular formula is C13H14FN3S. The first kappa shape index (κ1) is 11.6. The fraction of sp³-hybridized carbons (Fsp3) is 0.308. The average Bonchev–Trinajstić information content (AvgIpc) is 2.69. The van der Waals surface area contributed by atoms with Gasteiger partial charge in [-0.15, -0.1) is 11.3 Å². The summed E-state index contributed by atoms with van der Waals surface area (Å²) in [5, 5.41) is 0.600. The Morgan fingerprint density at radius 3 is 2.72 bits per heavy atom. The van der Waals surface area contributed by atoms with Crippen molar-refractivity contribution in [3.05, 3.63) is 46.2 Å². The molecule has 3 nitrogen and oxygen atoms in total. The molecule has 1 unspecified atom stereocenters. The summed E-state index contributed by atoms with van der Waals surface area (Å²) in [4.78, 5) is 5.56. The molecule has 0 radical (unpaired) electrons. The predicted octanol–water partition coefficient (Wildman–Crippen LogP) is 2.21. The Kier molecular flexibility index (Phi) is 2.60. The largest absolute Gasteiger partial charge is 0.375 e. The highest BCUT2D eigenvalue weighted by Crippen LogP contribution is 2.37. The van der Waals surface area contributed by atoms with Crippen LogP contribution >= 0.6 is 11.3 Å². The molecule has 1 aromatic carbocycles. The molecule has 1 aliphatic carbocycles. The quantitative estimate of drug-likeness (QED) is 0.829. The van der Waals surface area contributed by atoms with Crippen molar-refractivity contribution in [3.8, 4) is 0 Å². The maximum absolute atomic E-state index is 13.0. The standard InChI is InChI=1S/C13H14FN3S/c14-9-3-1-8(2-4-9)13(16)6-5-11-10(7-13)17-12(15)18-11/h1-4H,5-7,16H2,(H2,15,17). The minimum Gasteiger partial charge on any atom is -0.375 e. The number of benzene rings is 1. The number of fused-ring (bicyclic) bond motifs is 1. The third-order valence-corrected chi connectivity index (χ3v) is 4.48. The Bertz CT molecular complexity index is 578. The SMILES string of the molecule is Nc1nc2c(s1)CCC(N)(c1ccc(F)cc1)C2. The summed E-state index contributed by atoms with van der Waals surface area (Å²) >= 11 is 1.54. The van der Waals surface area contributed by atoms with E-state index < -0.39 is 5.54 Å². The minimum atomic E-state index is -0.457. The number of hydrogen-bond acceptors (Lipinski definition) is 4. The van der Waals surface area contributed by atoms with Gasteiger partial charge < -0.3 is 11.5 Å². The minimum absolute atomic E-state index is 0.239. The van der Waals surface area contributed by atoms with Gasteiger partial charge in [-0.3, -0.25) is 0 Å². The zero-order valence-electron chi connectivity index (χ0n) is 9.82. The maximum atomic E-state index is 13.0. The Balaban J connectivity index is 1.95. The zero-order chi connectivity index (χ0) is 12.8. The van der Waals surface area contributed by atoms with Crippen LogP contribution in [0.3, 0.4) is 0 Å². The van der Waals surface area contributed by atoms with E-state index >= 15 is 0 Å². The van der Waals surface area contributed by atoms with Gasteiger partial charge in [-0.2, -0.15) is 0 Å². The number of nitrogens with zero attached hydrogens (tertiary/aromatic N) is 1. The number of hydrogen-bond donors (Lipinski definition) is 2. The van der Waals surface area contributed by atoms with Crippen LogP contribution < -0.4 is 11.5 Å². The molecule has 3 rings (SSSR count). The van der Waals surface area contributed by atoms with E-state index in [1.165, 1.54) is 28.3 Å². The van der Waals surface area contributed by atoms with E-state index in [1.807, 2.05) is 0 Å². The fourth-order valence-corrected chi connectivity index (χ4v) is 3.34. The molecule has 1 aliphatic rings. The molecular weight excluding hydrogens is 249 g/mol. The lowest BCUT2D eigenvalue weighted by atomic mass is 9.78. The second-order valence-electron chi connectivity index (χ2n) is 4.76. The first-order valence-electron chi connectivity index (χ1n) is 5.86. The lowest BCUT2D eigenvalue weighted by Crippen LogP contribution is -2.42. The monoisotopic (exact) mass is 263 g/mol. The fourth-order valence-electron chi connectivity index (χ4n) is 2.49. The predicted molar refractivity (Wildman–Crippen MR) is 70.8 cm³/mol. The summed E-state index contributed by atoms with van der Waals surface area (Å²) in [6.45, 7) is 0. The highest BCUT2D eigenvalue weighted by Gasteiger charge is 2.34. The third-order valence-electron chi connectivity index (χ3n) is 3.49. The van der Waals surface area contributed by atoms with Crippen molar-refractivity contribution < 1.29 is 4.39 Å². The van der Waals surface area contributed by atoms with Crippen LogP contribution in [0.2, 0.25) is 0 Å². The molecule has 4 N–H and O–H groups in total. The number of nitrogen functional groups attached to an aromatic ring is 1. The highest BCUT2D eigenvalue weighted by molar-refractivity contribution is 7.15. The summed E-state index contributed by atoms with van der Waals surface area (Å²) in [6, 6.07) is 6.43. The van der Waals surface area contributed by atoms with Gasteiger partial charge in [0.15, 0.2) is 5.13 Å². The van der Waals surface area contributed by atoms with Crippen LogP contribution in [0.5, 0.6) is 0 Å². The normalized spacial score (nSPS) is 22.8. The lowest BCUT2D eigenvalue weighted by molar-refractivity contribution is 0.383. The zero-order valence-corrected chi connectivity index (χ0v) is 10.6. The Morgan fingerprint density at radius 1 is 1.28 bits per heavy atom. The van der Waals surface area contributed by atoms with Gasteiger partial charge in [-0.05, 0) is 30.5 Å². The van der Waals surface area contributed by atoms with Gasteiger partial charge in [-0.1, -0.05) is 12.1 Å². The van der Waals surface area contributed by atoms with Gasteiger partial charge in [0.25, 0.3) is 0 Å². The molecule has 0 fully saturated rings. The van der Waals surface area contributed by atoms with Crippen LogP contribution in [0.25, 0.3) is 0 Å². The van der Waals surface area contributed by atoms with Crippen molar-refractivity contribution in [2.24, 2.45) is 5.73 Å². The molecule has 0 saturated heterocycles. The number of nitrogens with two attached hydrogens (primary N) is 2. The summed E-state index contributed by atoms with van der Waals surface area (Å²) in [6.07, 6.45) is 2.40. The summed E-state index contributed by atoms with van der Waals surface area (Å²) in [5.41, 5.74) is 13.7. The molecule has 0 saturated carbocycles. The number of aryl methyl sites for hydroxylation is 1.